The Morgan fingerprint density at radius 2 is 1.95 bits per heavy atom. The molecule has 0 saturated heterocycles. The minimum absolute atomic E-state index is 0.474. The van der Waals surface area contributed by atoms with Crippen molar-refractivity contribution in [2.75, 3.05) is 0 Å². The molecule has 0 N–H and O–H groups in total. The molecule has 0 spiro atoms. The van der Waals surface area contributed by atoms with Gasteiger partial charge in [-0.15, -0.1) is 0 Å². The van der Waals surface area contributed by atoms with E-state index in [2.05, 4.69) is 26.2 Å². The maximum absolute atomic E-state index is 5.23. The van der Waals surface area contributed by atoms with Crippen LogP contribution in [-0.2, 0) is 0 Å². The highest BCUT2D eigenvalue weighted by Crippen LogP contribution is 2.28. The summed E-state index contributed by atoms with van der Waals surface area (Å²) >= 11 is 0. The number of rotatable bonds is 3. The summed E-state index contributed by atoms with van der Waals surface area (Å²) in [5.74, 6) is 1.66. The van der Waals surface area contributed by atoms with Crippen molar-refractivity contribution in [1.29, 1.82) is 0 Å². The van der Waals surface area contributed by atoms with Gasteiger partial charge in [-0.25, -0.2) is 4.98 Å². The molecule has 0 unspecified atom stereocenters. The summed E-state index contributed by atoms with van der Waals surface area (Å²) in [5, 5.41) is 3.98. The lowest BCUT2D eigenvalue weighted by atomic mass is 9.85. The Bertz CT molecular complexity index is 805. The highest BCUT2D eigenvalue weighted by molar-refractivity contribution is 5.75. The third kappa shape index (κ3) is 2.42. The maximum Gasteiger partial charge on any atom is 0.250 e. The lowest BCUT2D eigenvalue weighted by Gasteiger charge is -2.20. The van der Waals surface area contributed by atoms with Gasteiger partial charge in [-0.1, -0.05) is 29.8 Å². The summed E-state index contributed by atoms with van der Waals surface area (Å²) < 4.78 is 5.23. The van der Waals surface area contributed by atoms with Crippen molar-refractivity contribution in [1.82, 2.24) is 20.1 Å². The van der Waals surface area contributed by atoms with Gasteiger partial charge in [-0.3, -0.25) is 4.98 Å². The molecule has 2 aromatic heterocycles. The van der Waals surface area contributed by atoms with E-state index in [4.69, 9.17) is 4.52 Å². The first-order chi connectivity index (χ1) is 10.4. The van der Waals surface area contributed by atoms with E-state index in [1.807, 2.05) is 30.3 Å². The average Bonchev–Trinajstić information content (AvgIpc) is 2.94. The van der Waals surface area contributed by atoms with E-state index in [1.54, 1.807) is 6.20 Å². The summed E-state index contributed by atoms with van der Waals surface area (Å²) in [7, 11) is 0. The van der Waals surface area contributed by atoms with Crippen LogP contribution >= 0.6 is 0 Å². The first-order valence-electron chi connectivity index (χ1n) is 7.12. The van der Waals surface area contributed by atoms with Crippen LogP contribution in [0.5, 0.6) is 0 Å². The first-order valence-corrected chi connectivity index (χ1v) is 7.12. The van der Waals surface area contributed by atoms with E-state index < -0.39 is 0 Å². The van der Waals surface area contributed by atoms with Crippen molar-refractivity contribution in [3.63, 3.8) is 0 Å². The van der Waals surface area contributed by atoms with Crippen LogP contribution in [0.4, 0.5) is 0 Å². The zero-order chi connectivity index (χ0) is 14.1. The number of para-hydroxylation sites is 2. The topological polar surface area (TPSA) is 64.7 Å². The molecular weight excluding hydrogens is 264 g/mol. The second-order valence-electron chi connectivity index (χ2n) is 5.25. The van der Waals surface area contributed by atoms with Crippen LogP contribution in [0.2, 0.25) is 0 Å². The Hall–Kier alpha value is -2.56. The van der Waals surface area contributed by atoms with E-state index in [9.17, 15) is 0 Å². The van der Waals surface area contributed by atoms with E-state index in [0.717, 1.165) is 11.0 Å². The summed E-state index contributed by atoms with van der Waals surface area (Å²) in [6.45, 7) is 0. The molecule has 0 amide bonds. The van der Waals surface area contributed by atoms with Gasteiger partial charge in [-0.2, -0.15) is 4.98 Å². The Labute approximate surface area is 121 Å². The Balaban J connectivity index is 1.62. The van der Waals surface area contributed by atoms with Crippen LogP contribution in [0.15, 0.2) is 41.1 Å². The molecular formula is C16H14N4O. The van der Waals surface area contributed by atoms with Gasteiger partial charge in [0.05, 0.1) is 17.2 Å². The molecule has 2 heterocycles. The molecule has 1 aliphatic carbocycles. The molecule has 21 heavy (non-hydrogen) atoms. The van der Waals surface area contributed by atoms with Crippen molar-refractivity contribution < 1.29 is 4.52 Å². The molecule has 0 radical (unpaired) electrons. The maximum atomic E-state index is 5.23. The molecule has 1 saturated carbocycles. The van der Waals surface area contributed by atoms with Crippen molar-refractivity contribution in [3.05, 3.63) is 42.4 Å². The Morgan fingerprint density at radius 1 is 1.10 bits per heavy atom. The van der Waals surface area contributed by atoms with Crippen LogP contribution in [0.3, 0.4) is 0 Å². The largest absolute Gasteiger partial charge is 0.334 e. The predicted octanol–water partition coefficient (Wildman–Crippen LogP) is 3.49. The summed E-state index contributed by atoms with van der Waals surface area (Å²) in [5.41, 5.74) is 2.31. The van der Waals surface area contributed by atoms with Crippen molar-refractivity contribution in [3.8, 4) is 11.5 Å². The molecule has 1 aliphatic rings. The van der Waals surface area contributed by atoms with Gasteiger partial charge in [0, 0.05) is 0 Å². The fraction of sp³-hybridized carbons (Fsp3) is 0.250. The lowest BCUT2D eigenvalue weighted by Crippen LogP contribution is -2.06. The van der Waals surface area contributed by atoms with E-state index >= 15 is 0 Å². The highest BCUT2D eigenvalue weighted by Gasteiger charge is 2.14. The molecule has 3 aromatic rings. The third-order valence-electron chi connectivity index (χ3n) is 3.78. The SMILES string of the molecule is C(=C\C1CCC1)/c1nc(-c2cnc3ccccc3n2)no1. The Morgan fingerprint density at radius 3 is 2.76 bits per heavy atom. The second-order valence-corrected chi connectivity index (χ2v) is 5.25. The Kier molecular flexibility index (Phi) is 2.96. The van der Waals surface area contributed by atoms with Gasteiger partial charge in [0.15, 0.2) is 0 Å². The van der Waals surface area contributed by atoms with Gasteiger partial charge in [-0.05, 0) is 37.0 Å². The number of benzene rings is 1. The van der Waals surface area contributed by atoms with Gasteiger partial charge in [0.1, 0.15) is 5.69 Å². The standard InChI is InChI=1S/C16H14N4O/c1-2-7-13-12(6-1)17-10-14(18-13)16-19-15(21-20-16)9-8-11-4-3-5-11/h1-2,6-11H,3-5H2/b9-8+. The smallest absolute Gasteiger partial charge is 0.250 e. The summed E-state index contributed by atoms with van der Waals surface area (Å²) in [6.07, 6.45) is 9.55. The lowest BCUT2D eigenvalue weighted by molar-refractivity contribution is 0.386. The summed E-state index contributed by atoms with van der Waals surface area (Å²) in [6, 6.07) is 7.72. The van der Waals surface area contributed by atoms with Gasteiger partial charge in [0.25, 0.3) is 5.89 Å². The number of allylic oxidation sites excluding steroid dienone is 1. The molecule has 1 aromatic carbocycles. The minimum atomic E-state index is 0.474. The molecule has 5 nitrogen and oxygen atoms in total. The number of fused-ring (bicyclic) bond motifs is 1. The minimum Gasteiger partial charge on any atom is -0.334 e. The fourth-order valence-electron chi connectivity index (χ4n) is 2.32. The molecule has 104 valence electrons. The number of aromatic nitrogens is 4. The molecule has 4 rings (SSSR count). The van der Waals surface area contributed by atoms with Crippen molar-refractivity contribution >= 4 is 17.1 Å². The molecule has 0 bridgehead atoms. The monoisotopic (exact) mass is 278 g/mol. The quantitative estimate of drug-likeness (QED) is 0.733. The molecule has 5 heteroatoms. The van der Waals surface area contributed by atoms with Crippen molar-refractivity contribution in [2.24, 2.45) is 5.92 Å². The highest BCUT2D eigenvalue weighted by atomic mass is 16.5. The van der Waals surface area contributed by atoms with Crippen LogP contribution in [0.25, 0.3) is 28.6 Å². The predicted molar refractivity (Wildman–Crippen MR) is 79.2 cm³/mol. The molecule has 1 fully saturated rings. The van der Waals surface area contributed by atoms with Gasteiger partial charge < -0.3 is 4.52 Å². The summed E-state index contributed by atoms with van der Waals surface area (Å²) in [4.78, 5) is 13.2. The molecule has 0 aliphatic heterocycles. The van der Waals surface area contributed by atoms with Crippen LogP contribution in [0.1, 0.15) is 25.2 Å². The van der Waals surface area contributed by atoms with Crippen LogP contribution in [0, 0.1) is 5.92 Å². The zero-order valence-electron chi connectivity index (χ0n) is 11.4. The van der Waals surface area contributed by atoms with Crippen molar-refractivity contribution in [2.45, 2.75) is 19.3 Å². The van der Waals surface area contributed by atoms with E-state index in [-0.39, 0.29) is 0 Å². The zero-order valence-corrected chi connectivity index (χ0v) is 11.4. The van der Waals surface area contributed by atoms with Crippen LogP contribution < -0.4 is 0 Å². The van der Waals surface area contributed by atoms with E-state index in [0.29, 0.717) is 23.3 Å². The van der Waals surface area contributed by atoms with E-state index in [1.165, 1.54) is 19.3 Å². The second kappa shape index (κ2) is 5.09. The van der Waals surface area contributed by atoms with Gasteiger partial charge >= 0.3 is 0 Å². The first kappa shape index (κ1) is 12.2. The van der Waals surface area contributed by atoms with Gasteiger partial charge in [0.2, 0.25) is 5.82 Å². The third-order valence-corrected chi connectivity index (χ3v) is 3.78. The number of nitrogens with zero attached hydrogens (tertiary/aromatic N) is 4. The van der Waals surface area contributed by atoms with Crippen LogP contribution in [-0.4, -0.2) is 20.1 Å². The number of hydrogen-bond acceptors (Lipinski definition) is 5. The average molecular weight is 278 g/mol. The number of hydrogen-bond donors (Lipinski definition) is 0. The fourth-order valence-corrected chi connectivity index (χ4v) is 2.32. The normalized spacial score (nSPS) is 15.6. The molecule has 0 atom stereocenters.